The van der Waals surface area contributed by atoms with Crippen LogP contribution in [0.3, 0.4) is 0 Å². The molecule has 2 rings (SSSR count). The summed E-state index contributed by atoms with van der Waals surface area (Å²) in [6, 6.07) is 11.1. The van der Waals surface area contributed by atoms with Gasteiger partial charge in [0.05, 0.1) is 5.52 Å². The van der Waals surface area contributed by atoms with Crippen LogP contribution in [-0.2, 0) is 0 Å². The summed E-state index contributed by atoms with van der Waals surface area (Å²) in [6.07, 6.45) is 6.77. The molecule has 2 aromatic rings. The Morgan fingerprint density at radius 1 is 1.11 bits per heavy atom. The molecule has 18 heavy (non-hydrogen) atoms. The van der Waals surface area contributed by atoms with E-state index in [0.29, 0.717) is 6.04 Å². The number of fused-ring (bicyclic) bond motifs is 1. The second kappa shape index (κ2) is 6.39. The quantitative estimate of drug-likeness (QED) is 0.799. The molecule has 0 bridgehead atoms. The first-order chi connectivity index (χ1) is 8.83. The van der Waals surface area contributed by atoms with Crippen molar-refractivity contribution < 1.29 is 0 Å². The van der Waals surface area contributed by atoms with Gasteiger partial charge in [0, 0.05) is 23.3 Å². The summed E-state index contributed by atoms with van der Waals surface area (Å²) in [7, 11) is 0. The van der Waals surface area contributed by atoms with Crippen LogP contribution in [0.1, 0.15) is 39.5 Å². The monoisotopic (exact) mass is 242 g/mol. The molecular weight excluding hydrogens is 220 g/mol. The van der Waals surface area contributed by atoms with Gasteiger partial charge in [-0.15, -0.1) is 0 Å². The second-order valence-electron chi connectivity index (χ2n) is 4.83. The lowest BCUT2D eigenvalue weighted by Crippen LogP contribution is -2.18. The minimum Gasteiger partial charge on any atom is -0.382 e. The third-order valence-corrected chi connectivity index (χ3v) is 3.25. The predicted molar refractivity (Wildman–Crippen MR) is 79.0 cm³/mol. The predicted octanol–water partition coefficient (Wildman–Crippen LogP) is 4.62. The van der Waals surface area contributed by atoms with E-state index in [0.717, 1.165) is 5.52 Å². The molecule has 0 unspecified atom stereocenters. The van der Waals surface area contributed by atoms with Crippen LogP contribution < -0.4 is 5.32 Å². The smallest absolute Gasteiger partial charge is 0.0703 e. The molecule has 0 fully saturated rings. The van der Waals surface area contributed by atoms with Gasteiger partial charge < -0.3 is 5.32 Å². The van der Waals surface area contributed by atoms with Gasteiger partial charge in [-0.05, 0) is 37.1 Å². The molecule has 1 aromatic heterocycles. The number of nitrogens with zero attached hydrogens (tertiary/aromatic N) is 1. The number of benzene rings is 1. The molecule has 96 valence electrons. The molecule has 1 heterocycles. The lowest BCUT2D eigenvalue weighted by Gasteiger charge is -2.19. The van der Waals surface area contributed by atoms with Crippen LogP contribution in [0, 0.1) is 0 Å². The Morgan fingerprint density at radius 2 is 1.89 bits per heavy atom. The molecule has 1 N–H and O–H groups in total. The van der Waals surface area contributed by atoms with Crippen LogP contribution >= 0.6 is 0 Å². The minimum absolute atomic E-state index is 0.592. The van der Waals surface area contributed by atoms with E-state index >= 15 is 0 Å². The van der Waals surface area contributed by atoms with Crippen molar-refractivity contribution in [2.24, 2.45) is 0 Å². The summed E-state index contributed by atoms with van der Waals surface area (Å²) >= 11 is 0. The molecule has 2 nitrogen and oxygen atoms in total. The van der Waals surface area contributed by atoms with Crippen LogP contribution in [0.2, 0.25) is 0 Å². The van der Waals surface area contributed by atoms with Gasteiger partial charge in [0.1, 0.15) is 0 Å². The second-order valence-corrected chi connectivity index (χ2v) is 4.83. The van der Waals surface area contributed by atoms with E-state index in [2.05, 4.69) is 48.4 Å². The van der Waals surface area contributed by atoms with Gasteiger partial charge in [-0.3, -0.25) is 4.98 Å². The highest BCUT2D eigenvalue weighted by atomic mass is 14.9. The Morgan fingerprint density at radius 3 is 2.61 bits per heavy atom. The number of hydrogen-bond acceptors (Lipinski definition) is 2. The van der Waals surface area contributed by atoms with Gasteiger partial charge in [0.25, 0.3) is 0 Å². The first-order valence-electron chi connectivity index (χ1n) is 6.94. The maximum atomic E-state index is 4.35. The molecule has 2 heteroatoms. The Hall–Kier alpha value is -1.57. The SMILES string of the molecule is CCCC(CCC)Nc1ccc2ncccc2c1. The lowest BCUT2D eigenvalue weighted by atomic mass is 10.1. The highest BCUT2D eigenvalue weighted by molar-refractivity contribution is 5.82. The Bertz CT molecular complexity index is 487. The van der Waals surface area contributed by atoms with E-state index in [9.17, 15) is 0 Å². The van der Waals surface area contributed by atoms with Crippen molar-refractivity contribution in [1.82, 2.24) is 4.98 Å². The molecule has 0 saturated heterocycles. The highest BCUT2D eigenvalue weighted by Gasteiger charge is 2.06. The fraction of sp³-hybridized carbons (Fsp3) is 0.438. The van der Waals surface area contributed by atoms with Crippen molar-refractivity contribution in [2.45, 2.75) is 45.6 Å². The van der Waals surface area contributed by atoms with Gasteiger partial charge in [0.15, 0.2) is 0 Å². The lowest BCUT2D eigenvalue weighted by molar-refractivity contribution is 0.586. The average Bonchev–Trinajstić information content (AvgIpc) is 2.39. The maximum absolute atomic E-state index is 4.35. The van der Waals surface area contributed by atoms with E-state index < -0.39 is 0 Å². The summed E-state index contributed by atoms with van der Waals surface area (Å²) < 4.78 is 0. The number of aromatic nitrogens is 1. The van der Waals surface area contributed by atoms with Crippen molar-refractivity contribution >= 4 is 16.6 Å². The van der Waals surface area contributed by atoms with Crippen LogP contribution in [0.15, 0.2) is 36.5 Å². The van der Waals surface area contributed by atoms with Crippen LogP contribution in [0.25, 0.3) is 10.9 Å². The fourth-order valence-corrected chi connectivity index (χ4v) is 2.39. The van der Waals surface area contributed by atoms with Crippen molar-refractivity contribution in [1.29, 1.82) is 0 Å². The van der Waals surface area contributed by atoms with Crippen LogP contribution in [0.5, 0.6) is 0 Å². The van der Waals surface area contributed by atoms with Crippen LogP contribution in [0.4, 0.5) is 5.69 Å². The van der Waals surface area contributed by atoms with Crippen molar-refractivity contribution in [3.8, 4) is 0 Å². The maximum Gasteiger partial charge on any atom is 0.0703 e. The summed E-state index contributed by atoms with van der Waals surface area (Å²) in [6.45, 7) is 4.49. The van der Waals surface area contributed by atoms with Gasteiger partial charge in [-0.1, -0.05) is 32.8 Å². The van der Waals surface area contributed by atoms with Crippen molar-refractivity contribution in [3.63, 3.8) is 0 Å². The molecule has 0 aliphatic heterocycles. The first kappa shape index (κ1) is 12.9. The Labute approximate surface area is 109 Å². The first-order valence-corrected chi connectivity index (χ1v) is 6.94. The Kier molecular flexibility index (Phi) is 4.57. The summed E-state index contributed by atoms with van der Waals surface area (Å²) in [5.74, 6) is 0. The van der Waals surface area contributed by atoms with Crippen LogP contribution in [-0.4, -0.2) is 11.0 Å². The molecule has 0 saturated carbocycles. The molecule has 0 atom stereocenters. The van der Waals surface area contributed by atoms with E-state index in [1.165, 1.54) is 36.8 Å². The molecule has 0 spiro atoms. The number of anilines is 1. The van der Waals surface area contributed by atoms with E-state index in [-0.39, 0.29) is 0 Å². The van der Waals surface area contributed by atoms with Gasteiger partial charge >= 0.3 is 0 Å². The number of rotatable bonds is 6. The summed E-state index contributed by atoms with van der Waals surface area (Å²) in [5.41, 5.74) is 2.27. The zero-order valence-corrected chi connectivity index (χ0v) is 11.3. The number of nitrogens with one attached hydrogen (secondary N) is 1. The zero-order chi connectivity index (χ0) is 12.8. The summed E-state index contributed by atoms with van der Waals surface area (Å²) in [5, 5.41) is 4.85. The number of hydrogen-bond donors (Lipinski definition) is 1. The molecule has 1 aromatic carbocycles. The van der Waals surface area contributed by atoms with E-state index in [1.807, 2.05) is 12.3 Å². The van der Waals surface area contributed by atoms with Gasteiger partial charge in [-0.25, -0.2) is 0 Å². The van der Waals surface area contributed by atoms with Crippen molar-refractivity contribution in [3.05, 3.63) is 36.5 Å². The van der Waals surface area contributed by atoms with Crippen molar-refractivity contribution in [2.75, 3.05) is 5.32 Å². The number of pyridine rings is 1. The largest absolute Gasteiger partial charge is 0.382 e. The fourth-order valence-electron chi connectivity index (χ4n) is 2.39. The summed E-state index contributed by atoms with van der Waals surface area (Å²) in [4.78, 5) is 4.35. The van der Waals surface area contributed by atoms with Gasteiger partial charge in [0.2, 0.25) is 0 Å². The highest BCUT2D eigenvalue weighted by Crippen LogP contribution is 2.19. The topological polar surface area (TPSA) is 24.9 Å². The van der Waals surface area contributed by atoms with E-state index in [1.54, 1.807) is 0 Å². The van der Waals surface area contributed by atoms with Gasteiger partial charge in [-0.2, -0.15) is 0 Å². The third-order valence-electron chi connectivity index (χ3n) is 3.25. The molecule has 0 aliphatic rings. The molecule has 0 radical (unpaired) electrons. The normalized spacial score (nSPS) is 11.1. The van der Waals surface area contributed by atoms with E-state index in [4.69, 9.17) is 0 Å². The minimum atomic E-state index is 0.592. The molecule has 0 aliphatic carbocycles. The third kappa shape index (κ3) is 3.22. The Balaban J connectivity index is 2.14. The standard InChI is InChI=1S/C16H22N2/c1-3-6-14(7-4-2)18-15-9-10-16-13(12-15)8-5-11-17-16/h5,8-12,14,18H,3-4,6-7H2,1-2H3. The zero-order valence-electron chi connectivity index (χ0n) is 11.3. The molecule has 0 amide bonds. The average molecular weight is 242 g/mol. The molecular formula is C16H22N2.